The van der Waals surface area contributed by atoms with Gasteiger partial charge in [-0.2, -0.15) is 0 Å². The molecule has 0 aliphatic carbocycles. The van der Waals surface area contributed by atoms with Gasteiger partial charge in [-0.3, -0.25) is 4.98 Å². The van der Waals surface area contributed by atoms with Gasteiger partial charge in [-0.1, -0.05) is 36.4 Å². The summed E-state index contributed by atoms with van der Waals surface area (Å²) in [5.74, 6) is 1.42. The van der Waals surface area contributed by atoms with Gasteiger partial charge in [0.05, 0.1) is 16.9 Å². The lowest BCUT2D eigenvalue weighted by Gasteiger charge is -2.16. The second-order valence-corrected chi connectivity index (χ2v) is 7.20. The van der Waals surface area contributed by atoms with Gasteiger partial charge in [-0.25, -0.2) is 15.0 Å². The van der Waals surface area contributed by atoms with Crippen LogP contribution in [0.15, 0.2) is 72.1 Å². The highest BCUT2D eigenvalue weighted by molar-refractivity contribution is 5.94. The van der Waals surface area contributed by atoms with Crippen LogP contribution in [0.5, 0.6) is 0 Å². The number of hydrogen-bond acceptors (Lipinski definition) is 6. The number of nitrogens with zero attached hydrogens (tertiary/aromatic N) is 4. The molecule has 4 aromatic rings. The zero-order valence-electron chi connectivity index (χ0n) is 16.0. The van der Waals surface area contributed by atoms with Gasteiger partial charge in [0.15, 0.2) is 0 Å². The van der Waals surface area contributed by atoms with Crippen LogP contribution >= 0.6 is 0 Å². The summed E-state index contributed by atoms with van der Waals surface area (Å²) in [5, 5.41) is 4.49. The quantitative estimate of drug-likeness (QED) is 0.547. The van der Waals surface area contributed by atoms with Crippen LogP contribution in [0.4, 0.5) is 11.5 Å². The first-order valence-electron chi connectivity index (χ1n) is 9.56. The van der Waals surface area contributed by atoms with Crippen molar-refractivity contribution in [2.45, 2.75) is 19.4 Å². The number of benzene rings is 2. The first-order valence-corrected chi connectivity index (χ1v) is 9.56. The number of aliphatic imine (C=N–C) groups is 1. The summed E-state index contributed by atoms with van der Waals surface area (Å²) < 4.78 is 0. The van der Waals surface area contributed by atoms with Gasteiger partial charge in [-0.15, -0.1) is 0 Å². The van der Waals surface area contributed by atoms with Gasteiger partial charge < -0.3 is 11.1 Å². The number of nitrogens with one attached hydrogen (secondary N) is 1. The zero-order valence-corrected chi connectivity index (χ0v) is 16.0. The summed E-state index contributed by atoms with van der Waals surface area (Å²) in [4.78, 5) is 17.8. The maximum absolute atomic E-state index is 5.85. The van der Waals surface area contributed by atoms with E-state index < -0.39 is 0 Å². The summed E-state index contributed by atoms with van der Waals surface area (Å²) >= 11 is 0. The summed E-state index contributed by atoms with van der Waals surface area (Å²) in [5.41, 5.74) is 11.8. The van der Waals surface area contributed by atoms with Crippen molar-refractivity contribution in [2.75, 3.05) is 5.32 Å². The highest BCUT2D eigenvalue weighted by Crippen LogP contribution is 2.32. The van der Waals surface area contributed by atoms with E-state index in [1.54, 1.807) is 6.33 Å². The van der Waals surface area contributed by atoms with Crippen molar-refractivity contribution in [3.05, 3.63) is 78.4 Å². The molecule has 0 fully saturated rings. The lowest BCUT2D eigenvalue weighted by Crippen LogP contribution is -2.10. The van der Waals surface area contributed by atoms with E-state index in [2.05, 4.69) is 50.4 Å². The molecular formula is C23H20N6. The Labute approximate surface area is 168 Å². The molecule has 0 spiro atoms. The van der Waals surface area contributed by atoms with E-state index in [1.165, 1.54) is 5.56 Å². The molecule has 1 atom stereocenters. The lowest BCUT2D eigenvalue weighted by atomic mass is 10.0. The minimum atomic E-state index is 0.122. The predicted octanol–water partition coefficient (Wildman–Crippen LogP) is 4.41. The molecule has 3 N–H and O–H groups in total. The van der Waals surface area contributed by atoms with Gasteiger partial charge in [0.1, 0.15) is 18.0 Å². The Kier molecular flexibility index (Phi) is 4.17. The molecule has 1 aliphatic heterocycles. The maximum Gasteiger partial charge on any atom is 0.137 e. The average Bonchev–Trinajstić information content (AvgIpc) is 3.13. The van der Waals surface area contributed by atoms with Gasteiger partial charge in [-0.05, 0) is 36.2 Å². The summed E-state index contributed by atoms with van der Waals surface area (Å²) in [7, 11) is 0. The van der Waals surface area contributed by atoms with Crippen LogP contribution in [0.2, 0.25) is 0 Å². The van der Waals surface area contributed by atoms with Crippen LogP contribution in [-0.2, 0) is 6.42 Å². The third-order valence-corrected chi connectivity index (χ3v) is 5.18. The summed E-state index contributed by atoms with van der Waals surface area (Å²) in [6.07, 6.45) is 4.08. The Morgan fingerprint density at radius 3 is 2.69 bits per heavy atom. The van der Waals surface area contributed by atoms with Crippen LogP contribution in [0.3, 0.4) is 0 Å². The van der Waals surface area contributed by atoms with Crippen LogP contribution in [0, 0.1) is 0 Å². The zero-order chi connectivity index (χ0) is 19.8. The average molecular weight is 380 g/mol. The summed E-state index contributed by atoms with van der Waals surface area (Å²) in [6.45, 7) is 2.12. The first kappa shape index (κ1) is 17.3. The van der Waals surface area contributed by atoms with Crippen molar-refractivity contribution >= 4 is 28.2 Å². The molecule has 6 nitrogen and oxygen atoms in total. The van der Waals surface area contributed by atoms with Crippen molar-refractivity contribution in [3.8, 4) is 11.1 Å². The highest BCUT2D eigenvalue weighted by Gasteiger charge is 2.15. The third-order valence-electron chi connectivity index (χ3n) is 5.18. The van der Waals surface area contributed by atoms with Crippen LogP contribution < -0.4 is 11.1 Å². The second kappa shape index (κ2) is 6.98. The molecule has 6 heteroatoms. The number of pyridine rings is 1. The van der Waals surface area contributed by atoms with Crippen LogP contribution in [0.25, 0.3) is 22.0 Å². The van der Waals surface area contributed by atoms with E-state index in [4.69, 9.17) is 5.73 Å². The molecule has 0 amide bonds. The van der Waals surface area contributed by atoms with E-state index >= 15 is 0 Å². The fourth-order valence-corrected chi connectivity index (χ4v) is 3.62. The smallest absolute Gasteiger partial charge is 0.137 e. The summed E-state index contributed by atoms with van der Waals surface area (Å²) in [6, 6.07) is 18.6. The minimum Gasteiger partial charge on any atom is -0.387 e. The highest BCUT2D eigenvalue weighted by atomic mass is 15.0. The molecule has 0 radical (unpaired) electrons. The molecular weight excluding hydrogens is 360 g/mol. The first-order chi connectivity index (χ1) is 14.2. The number of hydrogen-bond donors (Lipinski definition) is 2. The molecule has 142 valence electrons. The molecule has 0 bridgehead atoms. The maximum atomic E-state index is 5.85. The van der Waals surface area contributed by atoms with Crippen molar-refractivity contribution in [2.24, 2.45) is 10.7 Å². The Morgan fingerprint density at radius 1 is 0.966 bits per heavy atom. The molecule has 0 saturated heterocycles. The van der Waals surface area contributed by atoms with Gasteiger partial charge in [0.25, 0.3) is 0 Å². The van der Waals surface area contributed by atoms with Crippen molar-refractivity contribution in [3.63, 3.8) is 0 Å². The Morgan fingerprint density at radius 2 is 1.83 bits per heavy atom. The van der Waals surface area contributed by atoms with Crippen molar-refractivity contribution in [1.29, 1.82) is 0 Å². The fourth-order valence-electron chi connectivity index (χ4n) is 3.62. The topological polar surface area (TPSA) is 89.1 Å². The number of fused-ring (bicyclic) bond motifs is 2. The molecule has 3 heterocycles. The Hall–Kier alpha value is -3.80. The molecule has 0 saturated carbocycles. The lowest BCUT2D eigenvalue weighted by molar-refractivity contribution is 0.876. The number of amidine groups is 1. The molecule has 29 heavy (non-hydrogen) atoms. The van der Waals surface area contributed by atoms with E-state index in [0.717, 1.165) is 39.2 Å². The number of aromatic nitrogens is 3. The monoisotopic (exact) mass is 380 g/mol. The van der Waals surface area contributed by atoms with Gasteiger partial charge in [0.2, 0.25) is 0 Å². The standard InChI is InChI=1S/C23H20N6/c1-14(15-5-3-2-4-6-15)28-23-18-9-16(7-8-19(18)26-13-27-23)17-10-21-20(25-12-17)11-22(24)29-21/h2-10,12-14H,11H2,1H3,(H2,24,29)(H,26,27,28). The van der Waals surface area contributed by atoms with Crippen molar-refractivity contribution < 1.29 is 0 Å². The second-order valence-electron chi connectivity index (χ2n) is 7.20. The molecule has 1 aliphatic rings. The van der Waals surface area contributed by atoms with E-state index in [0.29, 0.717) is 12.3 Å². The Bertz CT molecular complexity index is 1230. The largest absolute Gasteiger partial charge is 0.387 e. The van der Waals surface area contributed by atoms with E-state index in [-0.39, 0.29) is 6.04 Å². The normalized spacial score (nSPS) is 13.8. The number of nitrogens with two attached hydrogens (primary N) is 1. The molecule has 5 rings (SSSR count). The van der Waals surface area contributed by atoms with Crippen molar-refractivity contribution in [1.82, 2.24) is 15.0 Å². The molecule has 2 aromatic carbocycles. The van der Waals surface area contributed by atoms with Gasteiger partial charge in [0, 0.05) is 29.6 Å². The minimum absolute atomic E-state index is 0.122. The number of rotatable bonds is 4. The predicted molar refractivity (Wildman–Crippen MR) is 116 cm³/mol. The van der Waals surface area contributed by atoms with Gasteiger partial charge >= 0.3 is 0 Å². The third kappa shape index (κ3) is 3.29. The fraction of sp³-hybridized carbons (Fsp3) is 0.130. The molecule has 2 aromatic heterocycles. The Balaban J connectivity index is 1.53. The SMILES string of the molecule is CC(Nc1ncnc2ccc(-c3cnc4c(c3)N=C(N)C4)cc12)c1ccccc1. The number of anilines is 1. The van der Waals surface area contributed by atoms with Crippen LogP contribution in [-0.4, -0.2) is 20.8 Å². The van der Waals surface area contributed by atoms with E-state index in [9.17, 15) is 0 Å². The molecule has 1 unspecified atom stereocenters. The van der Waals surface area contributed by atoms with E-state index in [1.807, 2.05) is 42.6 Å². The van der Waals surface area contributed by atoms with Crippen LogP contribution in [0.1, 0.15) is 24.2 Å².